The van der Waals surface area contributed by atoms with Gasteiger partial charge in [0.25, 0.3) is 0 Å². The first-order chi connectivity index (χ1) is 8.15. The van der Waals surface area contributed by atoms with Crippen LogP contribution in [0.2, 0.25) is 0 Å². The number of alkyl halides is 1. The van der Waals surface area contributed by atoms with Crippen molar-refractivity contribution >= 4 is 34.3 Å². The van der Waals surface area contributed by atoms with Crippen molar-refractivity contribution in [2.45, 2.75) is 24.2 Å². The van der Waals surface area contributed by atoms with Gasteiger partial charge in [-0.1, -0.05) is 46.9 Å². The maximum Gasteiger partial charge on any atom is 0.313 e. The first kappa shape index (κ1) is 14.2. The van der Waals surface area contributed by atoms with Gasteiger partial charge in [-0.05, 0) is 18.1 Å². The summed E-state index contributed by atoms with van der Waals surface area (Å²) in [5.74, 6) is -0.549. The van der Waals surface area contributed by atoms with Crippen molar-refractivity contribution in [3.8, 4) is 0 Å². The first-order valence-electron chi connectivity index (χ1n) is 5.46. The van der Waals surface area contributed by atoms with Gasteiger partial charge in [-0.25, -0.2) is 0 Å². The molecule has 0 radical (unpaired) electrons. The van der Waals surface area contributed by atoms with Gasteiger partial charge >= 0.3 is 5.97 Å². The average molecular weight is 346 g/mol. The monoisotopic (exact) mass is 346 g/mol. The van der Waals surface area contributed by atoms with Crippen LogP contribution in [-0.4, -0.2) is 18.4 Å². The Labute approximate surface area is 115 Å². The van der Waals surface area contributed by atoms with Crippen molar-refractivity contribution in [2.24, 2.45) is 0 Å². The van der Waals surface area contributed by atoms with Crippen LogP contribution in [0.25, 0.3) is 0 Å². The molecule has 0 N–H and O–H groups in total. The third kappa shape index (κ3) is 5.30. The SMILES string of the molecule is CCOC(=O)CC(=O)Cc1ccc(CI)cc1. The number of carbonyl (C=O) groups is 2. The van der Waals surface area contributed by atoms with E-state index >= 15 is 0 Å². The summed E-state index contributed by atoms with van der Waals surface area (Å²) in [7, 11) is 0. The number of ether oxygens (including phenoxy) is 1. The maximum atomic E-state index is 11.5. The number of hydrogen-bond donors (Lipinski definition) is 0. The van der Waals surface area contributed by atoms with Gasteiger partial charge in [-0.3, -0.25) is 9.59 Å². The predicted octanol–water partition coefficient (Wildman–Crippen LogP) is 2.69. The molecule has 17 heavy (non-hydrogen) atoms. The smallest absolute Gasteiger partial charge is 0.313 e. The molecule has 1 rings (SSSR count). The van der Waals surface area contributed by atoms with Crippen LogP contribution < -0.4 is 0 Å². The first-order valence-corrected chi connectivity index (χ1v) is 6.99. The van der Waals surface area contributed by atoms with E-state index in [0.29, 0.717) is 13.0 Å². The topological polar surface area (TPSA) is 43.4 Å². The number of halogens is 1. The maximum absolute atomic E-state index is 11.5. The number of carbonyl (C=O) groups excluding carboxylic acids is 2. The van der Waals surface area contributed by atoms with E-state index in [4.69, 9.17) is 4.74 Å². The van der Waals surface area contributed by atoms with Gasteiger partial charge < -0.3 is 4.74 Å². The largest absolute Gasteiger partial charge is 0.466 e. The Bertz CT molecular complexity index is 384. The molecule has 0 unspecified atom stereocenters. The van der Waals surface area contributed by atoms with E-state index in [0.717, 1.165) is 9.99 Å². The molecule has 0 aliphatic rings. The van der Waals surface area contributed by atoms with E-state index in [1.54, 1.807) is 6.92 Å². The number of ketones is 1. The summed E-state index contributed by atoms with van der Waals surface area (Å²) in [5, 5.41) is 0. The normalized spacial score (nSPS) is 10.0. The predicted molar refractivity (Wildman–Crippen MR) is 74.1 cm³/mol. The van der Waals surface area contributed by atoms with Gasteiger partial charge in [0.05, 0.1) is 6.61 Å². The highest BCUT2D eigenvalue weighted by Crippen LogP contribution is 2.09. The highest BCUT2D eigenvalue weighted by atomic mass is 127. The van der Waals surface area contributed by atoms with E-state index in [2.05, 4.69) is 22.6 Å². The minimum absolute atomic E-state index is 0.106. The van der Waals surface area contributed by atoms with Crippen LogP contribution in [0, 0.1) is 0 Å². The van der Waals surface area contributed by atoms with Crippen LogP contribution in [0.1, 0.15) is 24.5 Å². The lowest BCUT2D eigenvalue weighted by atomic mass is 10.1. The van der Waals surface area contributed by atoms with Crippen molar-refractivity contribution in [2.75, 3.05) is 6.61 Å². The summed E-state index contributed by atoms with van der Waals surface area (Å²) in [6.07, 6.45) is 0.155. The van der Waals surface area contributed by atoms with E-state index in [9.17, 15) is 9.59 Å². The van der Waals surface area contributed by atoms with Crippen LogP contribution in [0.4, 0.5) is 0 Å². The van der Waals surface area contributed by atoms with Crippen molar-refractivity contribution in [1.29, 1.82) is 0 Å². The van der Waals surface area contributed by atoms with Crippen molar-refractivity contribution in [3.05, 3.63) is 35.4 Å². The second-order valence-corrected chi connectivity index (χ2v) is 4.41. The van der Waals surface area contributed by atoms with E-state index in [-0.39, 0.29) is 12.2 Å². The third-order valence-corrected chi connectivity index (χ3v) is 3.11. The van der Waals surface area contributed by atoms with Gasteiger partial charge in [-0.15, -0.1) is 0 Å². The van der Waals surface area contributed by atoms with E-state index < -0.39 is 5.97 Å². The highest BCUT2D eigenvalue weighted by molar-refractivity contribution is 14.1. The Morgan fingerprint density at radius 3 is 2.29 bits per heavy atom. The molecule has 3 nitrogen and oxygen atoms in total. The second-order valence-electron chi connectivity index (χ2n) is 3.65. The average Bonchev–Trinajstić information content (AvgIpc) is 2.30. The third-order valence-electron chi connectivity index (χ3n) is 2.23. The molecule has 0 spiro atoms. The molecule has 0 bridgehead atoms. The lowest BCUT2D eigenvalue weighted by Gasteiger charge is -2.03. The summed E-state index contributed by atoms with van der Waals surface area (Å²) in [5.41, 5.74) is 2.17. The fraction of sp³-hybridized carbons (Fsp3) is 0.385. The highest BCUT2D eigenvalue weighted by Gasteiger charge is 2.10. The molecule has 4 heteroatoms. The summed E-state index contributed by atoms with van der Waals surface area (Å²) in [6, 6.07) is 7.85. The molecule has 0 saturated carbocycles. The number of benzene rings is 1. The summed E-state index contributed by atoms with van der Waals surface area (Å²) in [6.45, 7) is 2.04. The second kappa shape index (κ2) is 7.42. The molecule has 92 valence electrons. The summed E-state index contributed by atoms with van der Waals surface area (Å²) >= 11 is 2.29. The standard InChI is InChI=1S/C13H15IO3/c1-2-17-13(16)8-12(15)7-10-3-5-11(9-14)6-4-10/h3-6H,2,7-9H2,1H3. The molecule has 0 fully saturated rings. The van der Waals surface area contributed by atoms with Crippen LogP contribution in [-0.2, 0) is 25.2 Å². The van der Waals surface area contributed by atoms with E-state index in [1.807, 2.05) is 24.3 Å². The molecule has 1 aromatic carbocycles. The molecular formula is C13H15IO3. The fourth-order valence-corrected chi connectivity index (χ4v) is 1.92. The Morgan fingerprint density at radius 2 is 1.76 bits per heavy atom. The van der Waals surface area contributed by atoms with Crippen LogP contribution in [0.15, 0.2) is 24.3 Å². The quantitative estimate of drug-likeness (QED) is 0.344. The van der Waals surface area contributed by atoms with Gasteiger partial charge in [0.1, 0.15) is 12.2 Å². The van der Waals surface area contributed by atoms with Crippen LogP contribution in [0.5, 0.6) is 0 Å². The number of rotatable bonds is 6. The van der Waals surface area contributed by atoms with Crippen LogP contribution in [0.3, 0.4) is 0 Å². The minimum Gasteiger partial charge on any atom is -0.466 e. The number of hydrogen-bond acceptors (Lipinski definition) is 3. The molecule has 0 heterocycles. The molecule has 1 aromatic rings. The number of esters is 1. The molecular weight excluding hydrogens is 331 g/mol. The van der Waals surface area contributed by atoms with E-state index in [1.165, 1.54) is 5.56 Å². The summed E-state index contributed by atoms with van der Waals surface area (Å²) < 4.78 is 5.68. The Balaban J connectivity index is 2.47. The molecule has 0 aromatic heterocycles. The van der Waals surface area contributed by atoms with Crippen molar-refractivity contribution < 1.29 is 14.3 Å². The number of Topliss-reactive ketones (excluding diaryl/α,β-unsaturated/α-hetero) is 1. The molecule has 0 aliphatic heterocycles. The molecule has 0 amide bonds. The van der Waals surface area contributed by atoms with Gasteiger partial charge in [0.15, 0.2) is 0 Å². The lowest BCUT2D eigenvalue weighted by molar-refractivity contribution is -0.145. The lowest BCUT2D eigenvalue weighted by Crippen LogP contribution is -2.12. The van der Waals surface area contributed by atoms with Crippen LogP contribution >= 0.6 is 22.6 Å². The Hall–Kier alpha value is -0.910. The Kier molecular flexibility index (Phi) is 6.18. The van der Waals surface area contributed by atoms with Gasteiger partial charge in [-0.2, -0.15) is 0 Å². The van der Waals surface area contributed by atoms with Crippen molar-refractivity contribution in [3.63, 3.8) is 0 Å². The Morgan fingerprint density at radius 1 is 1.18 bits per heavy atom. The van der Waals surface area contributed by atoms with Crippen molar-refractivity contribution in [1.82, 2.24) is 0 Å². The zero-order valence-corrected chi connectivity index (χ0v) is 11.9. The zero-order valence-electron chi connectivity index (χ0n) is 9.74. The fourth-order valence-electron chi connectivity index (χ4n) is 1.41. The van der Waals surface area contributed by atoms with Gasteiger partial charge in [0, 0.05) is 10.8 Å². The molecule has 0 aliphatic carbocycles. The van der Waals surface area contributed by atoms with Gasteiger partial charge in [0.2, 0.25) is 0 Å². The summed E-state index contributed by atoms with van der Waals surface area (Å²) in [4.78, 5) is 22.6. The zero-order chi connectivity index (χ0) is 12.7. The molecule has 0 atom stereocenters. The molecule has 0 saturated heterocycles. The minimum atomic E-state index is -0.443.